The summed E-state index contributed by atoms with van der Waals surface area (Å²) in [5, 5.41) is 4.18. The summed E-state index contributed by atoms with van der Waals surface area (Å²) < 4.78 is 0. The Bertz CT molecular complexity index is 491. The van der Waals surface area contributed by atoms with Crippen molar-refractivity contribution in [2.45, 2.75) is 77.6 Å². The Balaban J connectivity index is 1.88. The summed E-state index contributed by atoms with van der Waals surface area (Å²) in [5.41, 5.74) is 2.74. The van der Waals surface area contributed by atoms with Gasteiger partial charge in [0.15, 0.2) is 0 Å². The highest BCUT2D eigenvalue weighted by Crippen LogP contribution is 2.16. The Morgan fingerprint density at radius 1 is 0.826 bits per heavy atom. The van der Waals surface area contributed by atoms with Gasteiger partial charge in [0.25, 0.3) is 0 Å². The molecule has 0 spiro atoms. The lowest BCUT2D eigenvalue weighted by atomic mass is 10.00. The van der Waals surface area contributed by atoms with Crippen molar-refractivity contribution in [3.05, 3.63) is 35.4 Å². The van der Waals surface area contributed by atoms with Gasteiger partial charge in [-0.15, -0.1) is 0 Å². The molecule has 0 saturated heterocycles. The van der Waals surface area contributed by atoms with Crippen molar-refractivity contribution in [2.75, 3.05) is 0 Å². The number of nitrogens with zero attached hydrogens (tertiary/aromatic N) is 1. The molecule has 1 aliphatic rings. The number of aryl methyl sites for hydroxylation is 1. The van der Waals surface area contributed by atoms with Crippen LogP contribution in [0, 0.1) is 6.92 Å². The number of benzene rings is 1. The highest BCUT2D eigenvalue weighted by atomic mass is 16.7. The van der Waals surface area contributed by atoms with Crippen molar-refractivity contribution in [3.8, 4) is 0 Å². The smallest absolute Gasteiger partial charge is 0.313 e. The van der Waals surface area contributed by atoms with Crippen LogP contribution in [-0.2, 0) is 4.84 Å². The van der Waals surface area contributed by atoms with Crippen molar-refractivity contribution in [3.63, 3.8) is 0 Å². The molecule has 0 N–H and O–H groups in total. The number of hydrogen-bond donors (Lipinski definition) is 0. The molecule has 1 aromatic rings. The molecule has 23 heavy (non-hydrogen) atoms. The van der Waals surface area contributed by atoms with E-state index in [2.05, 4.69) is 5.16 Å². The first-order valence-corrected chi connectivity index (χ1v) is 9.09. The molecule has 1 aromatic carbocycles. The van der Waals surface area contributed by atoms with E-state index in [9.17, 15) is 4.79 Å². The van der Waals surface area contributed by atoms with Gasteiger partial charge in [0.1, 0.15) is 0 Å². The summed E-state index contributed by atoms with van der Waals surface area (Å²) >= 11 is 0. The summed E-state index contributed by atoms with van der Waals surface area (Å²) in [6.45, 7) is 2.00. The fourth-order valence-corrected chi connectivity index (χ4v) is 2.96. The molecule has 126 valence electrons. The van der Waals surface area contributed by atoms with Crippen LogP contribution in [0.25, 0.3) is 0 Å². The fourth-order valence-electron chi connectivity index (χ4n) is 2.96. The summed E-state index contributed by atoms with van der Waals surface area (Å²) in [6, 6.07) is 7.41. The molecule has 0 bridgehead atoms. The highest BCUT2D eigenvalue weighted by molar-refractivity contribution is 5.90. The van der Waals surface area contributed by atoms with Gasteiger partial charge >= 0.3 is 5.97 Å². The predicted octanol–water partition coefficient (Wildman–Crippen LogP) is 5.81. The van der Waals surface area contributed by atoms with Gasteiger partial charge in [-0.25, -0.2) is 4.79 Å². The normalized spacial score (nSPS) is 17.7. The van der Waals surface area contributed by atoms with E-state index in [-0.39, 0.29) is 5.97 Å². The van der Waals surface area contributed by atoms with Crippen LogP contribution in [-0.4, -0.2) is 11.7 Å². The van der Waals surface area contributed by atoms with Crippen molar-refractivity contribution in [1.82, 2.24) is 0 Å². The Morgan fingerprint density at radius 3 is 1.83 bits per heavy atom. The first-order chi connectivity index (χ1) is 11.3. The topological polar surface area (TPSA) is 38.7 Å². The fraction of sp³-hybridized carbons (Fsp3) is 0.600. The van der Waals surface area contributed by atoms with Crippen LogP contribution >= 0.6 is 0 Å². The Labute approximate surface area is 140 Å². The van der Waals surface area contributed by atoms with Gasteiger partial charge in [0.2, 0.25) is 0 Å². The third-order valence-electron chi connectivity index (χ3n) is 4.48. The molecule has 0 radical (unpaired) electrons. The van der Waals surface area contributed by atoms with Crippen LogP contribution in [0.3, 0.4) is 0 Å². The minimum atomic E-state index is -0.358. The van der Waals surface area contributed by atoms with Gasteiger partial charge in [-0.05, 0) is 44.7 Å². The molecule has 0 aromatic heterocycles. The molecule has 0 heterocycles. The minimum absolute atomic E-state index is 0.358. The maximum Gasteiger partial charge on any atom is 0.365 e. The van der Waals surface area contributed by atoms with E-state index in [1.54, 1.807) is 12.1 Å². The van der Waals surface area contributed by atoms with Gasteiger partial charge in [0, 0.05) is 0 Å². The number of rotatable bonds is 2. The van der Waals surface area contributed by atoms with Crippen LogP contribution in [0.2, 0.25) is 0 Å². The van der Waals surface area contributed by atoms with Crippen molar-refractivity contribution < 1.29 is 9.63 Å². The first-order valence-electron chi connectivity index (χ1n) is 9.09. The first kappa shape index (κ1) is 17.7. The quantitative estimate of drug-likeness (QED) is 0.510. The predicted molar refractivity (Wildman–Crippen MR) is 94.8 cm³/mol. The summed E-state index contributed by atoms with van der Waals surface area (Å²) in [7, 11) is 0. The van der Waals surface area contributed by atoms with Gasteiger partial charge in [-0.2, -0.15) is 0 Å². The SMILES string of the molecule is Cc1ccc(C(=O)ON=C2CCCCCCCCCCC2)cc1. The summed E-state index contributed by atoms with van der Waals surface area (Å²) in [6.07, 6.45) is 13.5. The molecule has 0 aliphatic heterocycles. The van der Waals surface area contributed by atoms with Crippen LogP contribution in [0.15, 0.2) is 29.4 Å². The van der Waals surface area contributed by atoms with Gasteiger partial charge in [-0.3, -0.25) is 0 Å². The Kier molecular flexibility index (Phi) is 7.85. The average molecular weight is 315 g/mol. The standard InChI is InChI=1S/C20H29NO2/c1-17-13-15-18(16-14-17)20(22)23-21-19-11-9-7-5-3-2-4-6-8-10-12-19/h13-16H,2-12H2,1H3. The lowest BCUT2D eigenvalue weighted by Gasteiger charge is -2.09. The van der Waals surface area contributed by atoms with E-state index in [1.807, 2.05) is 19.1 Å². The van der Waals surface area contributed by atoms with Gasteiger partial charge in [-0.1, -0.05) is 67.8 Å². The molecular weight excluding hydrogens is 286 g/mol. The number of hydrogen-bond acceptors (Lipinski definition) is 3. The van der Waals surface area contributed by atoms with Crippen LogP contribution in [0.4, 0.5) is 0 Å². The largest absolute Gasteiger partial charge is 0.365 e. The van der Waals surface area contributed by atoms with Crippen molar-refractivity contribution in [1.29, 1.82) is 0 Å². The highest BCUT2D eigenvalue weighted by Gasteiger charge is 2.08. The molecule has 1 aliphatic carbocycles. The number of carbonyl (C=O) groups is 1. The molecule has 2 rings (SSSR count). The zero-order chi connectivity index (χ0) is 16.3. The average Bonchev–Trinajstić information content (AvgIpc) is 2.55. The van der Waals surface area contributed by atoms with Crippen LogP contribution < -0.4 is 0 Å². The van der Waals surface area contributed by atoms with E-state index >= 15 is 0 Å². The summed E-state index contributed by atoms with van der Waals surface area (Å²) in [5.74, 6) is -0.358. The molecule has 0 unspecified atom stereocenters. The molecule has 0 atom stereocenters. The maximum atomic E-state index is 12.0. The second kappa shape index (κ2) is 10.2. The monoisotopic (exact) mass is 315 g/mol. The van der Waals surface area contributed by atoms with Crippen LogP contribution in [0.1, 0.15) is 86.6 Å². The van der Waals surface area contributed by atoms with E-state index in [0.717, 1.165) is 37.0 Å². The third kappa shape index (κ3) is 6.98. The van der Waals surface area contributed by atoms with Gasteiger partial charge in [0.05, 0.1) is 11.3 Å². The van der Waals surface area contributed by atoms with Crippen molar-refractivity contribution >= 4 is 11.7 Å². The zero-order valence-corrected chi connectivity index (χ0v) is 14.4. The second-order valence-corrected chi connectivity index (χ2v) is 6.58. The Morgan fingerprint density at radius 2 is 1.30 bits per heavy atom. The minimum Gasteiger partial charge on any atom is -0.313 e. The lowest BCUT2D eigenvalue weighted by molar-refractivity contribution is 0.0514. The van der Waals surface area contributed by atoms with E-state index < -0.39 is 0 Å². The molecule has 3 heteroatoms. The van der Waals surface area contributed by atoms with E-state index in [0.29, 0.717) is 5.56 Å². The zero-order valence-electron chi connectivity index (χ0n) is 14.4. The van der Waals surface area contributed by atoms with E-state index in [4.69, 9.17) is 4.84 Å². The molecule has 1 saturated carbocycles. The molecular formula is C20H29NO2. The maximum absolute atomic E-state index is 12.0. The Hall–Kier alpha value is -1.64. The second-order valence-electron chi connectivity index (χ2n) is 6.58. The van der Waals surface area contributed by atoms with Gasteiger partial charge < -0.3 is 4.84 Å². The molecule has 3 nitrogen and oxygen atoms in total. The number of carbonyl (C=O) groups excluding carboxylic acids is 1. The van der Waals surface area contributed by atoms with Crippen molar-refractivity contribution in [2.24, 2.45) is 5.16 Å². The van der Waals surface area contributed by atoms with E-state index in [1.165, 1.54) is 44.9 Å². The summed E-state index contributed by atoms with van der Waals surface area (Å²) in [4.78, 5) is 17.2. The molecule has 1 fully saturated rings. The lowest BCUT2D eigenvalue weighted by Crippen LogP contribution is -2.06. The molecule has 0 amide bonds. The number of oxime groups is 1. The third-order valence-corrected chi connectivity index (χ3v) is 4.48. The van der Waals surface area contributed by atoms with Crippen LogP contribution in [0.5, 0.6) is 0 Å².